The summed E-state index contributed by atoms with van der Waals surface area (Å²) in [6, 6.07) is 9.52. The van der Waals surface area contributed by atoms with Crippen molar-refractivity contribution in [3.8, 4) is 0 Å². The Morgan fingerprint density at radius 3 is 2.57 bits per heavy atom. The van der Waals surface area contributed by atoms with Crippen LogP contribution in [0.4, 0.5) is 0 Å². The Morgan fingerprint density at radius 2 is 1.91 bits per heavy atom. The topological polar surface area (TPSA) is 58.6 Å². The van der Waals surface area contributed by atoms with Gasteiger partial charge in [-0.1, -0.05) is 30.3 Å². The minimum Gasteiger partial charge on any atom is -0.454 e. The number of nitrogens with one attached hydrogen (secondary N) is 1. The second-order valence-electron chi connectivity index (χ2n) is 5.91. The van der Waals surface area contributed by atoms with Gasteiger partial charge in [-0.05, 0) is 18.4 Å². The lowest BCUT2D eigenvalue weighted by Crippen LogP contribution is -2.41. The third kappa shape index (κ3) is 4.72. The van der Waals surface area contributed by atoms with E-state index in [2.05, 4.69) is 10.2 Å². The van der Waals surface area contributed by atoms with E-state index >= 15 is 0 Å². The minimum absolute atomic E-state index is 0.193. The number of nitrogens with zero attached hydrogens (tertiary/aromatic N) is 1. The summed E-state index contributed by atoms with van der Waals surface area (Å²) in [5, 5.41) is 2.83. The molecular formula is C17H22N2O3S. The molecule has 1 aromatic rings. The first-order valence-electron chi connectivity index (χ1n) is 8.07. The Hall–Kier alpha value is -1.53. The first-order valence-corrected chi connectivity index (χ1v) is 9.22. The number of rotatable bonds is 6. The summed E-state index contributed by atoms with van der Waals surface area (Å²) in [6.45, 7) is 1.52. The second-order valence-corrected chi connectivity index (χ2v) is 7.14. The van der Waals surface area contributed by atoms with Gasteiger partial charge in [0, 0.05) is 30.6 Å². The number of benzene rings is 1. The van der Waals surface area contributed by atoms with E-state index in [0.29, 0.717) is 0 Å². The van der Waals surface area contributed by atoms with E-state index in [1.807, 2.05) is 42.1 Å². The van der Waals surface area contributed by atoms with Crippen LogP contribution in [0.3, 0.4) is 0 Å². The average Bonchev–Trinajstić information content (AvgIpc) is 3.39. The van der Waals surface area contributed by atoms with Crippen molar-refractivity contribution in [1.82, 2.24) is 10.2 Å². The Labute approximate surface area is 140 Å². The molecule has 1 aromatic carbocycles. The molecule has 1 amide bonds. The van der Waals surface area contributed by atoms with Gasteiger partial charge in [-0.3, -0.25) is 9.69 Å². The maximum absolute atomic E-state index is 12.6. The van der Waals surface area contributed by atoms with Crippen molar-refractivity contribution < 1.29 is 14.3 Å². The van der Waals surface area contributed by atoms with E-state index in [4.69, 9.17) is 4.74 Å². The Balaban J connectivity index is 1.63. The van der Waals surface area contributed by atoms with E-state index in [-0.39, 0.29) is 24.5 Å². The van der Waals surface area contributed by atoms with Crippen LogP contribution in [0, 0.1) is 0 Å². The van der Waals surface area contributed by atoms with Crippen molar-refractivity contribution in [2.75, 3.05) is 31.2 Å². The van der Waals surface area contributed by atoms with Crippen LogP contribution in [0.5, 0.6) is 0 Å². The quantitative estimate of drug-likeness (QED) is 0.801. The monoisotopic (exact) mass is 334 g/mol. The Bertz CT molecular complexity index is 542. The van der Waals surface area contributed by atoms with Gasteiger partial charge in [-0.2, -0.15) is 11.8 Å². The van der Waals surface area contributed by atoms with E-state index in [9.17, 15) is 9.59 Å². The maximum atomic E-state index is 12.6. The molecule has 3 rings (SSSR count). The molecule has 0 spiro atoms. The molecule has 1 saturated heterocycles. The summed E-state index contributed by atoms with van der Waals surface area (Å²) >= 11 is 1.90. The summed E-state index contributed by atoms with van der Waals surface area (Å²) < 4.78 is 5.30. The van der Waals surface area contributed by atoms with Crippen LogP contribution >= 0.6 is 11.8 Å². The van der Waals surface area contributed by atoms with E-state index in [1.165, 1.54) is 0 Å². The molecule has 1 atom stereocenters. The summed E-state index contributed by atoms with van der Waals surface area (Å²) in [5.74, 6) is 1.48. The molecule has 0 radical (unpaired) electrons. The Morgan fingerprint density at radius 1 is 1.22 bits per heavy atom. The molecule has 2 aliphatic rings. The average molecular weight is 334 g/mol. The maximum Gasteiger partial charge on any atom is 0.328 e. The summed E-state index contributed by atoms with van der Waals surface area (Å²) in [4.78, 5) is 26.5. The van der Waals surface area contributed by atoms with Crippen molar-refractivity contribution in [2.45, 2.75) is 24.9 Å². The number of carbonyl (C=O) groups is 2. The van der Waals surface area contributed by atoms with Gasteiger partial charge < -0.3 is 10.1 Å². The fourth-order valence-electron chi connectivity index (χ4n) is 2.68. The lowest BCUT2D eigenvalue weighted by molar-refractivity contribution is -0.154. The van der Waals surface area contributed by atoms with Crippen LogP contribution in [0.15, 0.2) is 30.3 Å². The van der Waals surface area contributed by atoms with Crippen LogP contribution in [0.25, 0.3) is 0 Å². The third-order valence-corrected chi connectivity index (χ3v) is 4.98. The third-order valence-electron chi connectivity index (χ3n) is 4.04. The van der Waals surface area contributed by atoms with Crippen LogP contribution < -0.4 is 5.32 Å². The molecular weight excluding hydrogens is 312 g/mol. The molecule has 1 aliphatic carbocycles. The van der Waals surface area contributed by atoms with Crippen molar-refractivity contribution in [1.29, 1.82) is 0 Å². The van der Waals surface area contributed by atoms with Gasteiger partial charge in [0.2, 0.25) is 0 Å². The molecule has 6 heteroatoms. The molecule has 1 unspecified atom stereocenters. The summed E-state index contributed by atoms with van der Waals surface area (Å²) in [5.41, 5.74) is 0.923. The van der Waals surface area contributed by atoms with Gasteiger partial charge in [0.15, 0.2) is 6.61 Å². The van der Waals surface area contributed by atoms with Crippen LogP contribution in [0.2, 0.25) is 0 Å². The van der Waals surface area contributed by atoms with Crippen molar-refractivity contribution in [3.63, 3.8) is 0 Å². The molecule has 0 bridgehead atoms. The molecule has 1 aliphatic heterocycles. The van der Waals surface area contributed by atoms with E-state index in [0.717, 1.165) is 43.0 Å². The SMILES string of the molecule is O=C(COC(=O)C(c1ccccc1)N1CCSCC1)NC1CC1. The fraction of sp³-hybridized carbons (Fsp3) is 0.529. The normalized spacial score (nSPS) is 19.8. The largest absolute Gasteiger partial charge is 0.454 e. The highest BCUT2D eigenvalue weighted by atomic mass is 32.2. The predicted molar refractivity (Wildman–Crippen MR) is 90.2 cm³/mol. The number of hydrogen-bond donors (Lipinski definition) is 1. The molecule has 5 nitrogen and oxygen atoms in total. The number of ether oxygens (including phenoxy) is 1. The Kier molecular flexibility index (Phi) is 5.56. The minimum atomic E-state index is -0.425. The van der Waals surface area contributed by atoms with Gasteiger partial charge in [0.25, 0.3) is 5.91 Å². The van der Waals surface area contributed by atoms with Gasteiger partial charge in [0.1, 0.15) is 6.04 Å². The van der Waals surface area contributed by atoms with E-state index < -0.39 is 6.04 Å². The number of esters is 1. The first kappa shape index (κ1) is 16.3. The van der Waals surface area contributed by atoms with Gasteiger partial charge in [0.05, 0.1) is 0 Å². The van der Waals surface area contributed by atoms with Gasteiger partial charge in [-0.15, -0.1) is 0 Å². The highest BCUT2D eigenvalue weighted by molar-refractivity contribution is 7.99. The van der Waals surface area contributed by atoms with Crippen molar-refractivity contribution >= 4 is 23.6 Å². The van der Waals surface area contributed by atoms with Crippen LogP contribution in [-0.4, -0.2) is 54.0 Å². The standard InChI is InChI=1S/C17H22N2O3S/c20-15(18-14-6-7-14)12-22-17(21)16(13-4-2-1-3-5-13)19-8-10-23-11-9-19/h1-5,14,16H,6-12H2,(H,18,20). The summed E-state index contributed by atoms with van der Waals surface area (Å²) in [6.07, 6.45) is 2.05. The molecule has 1 saturated carbocycles. The predicted octanol–water partition coefficient (Wildman–Crippen LogP) is 1.60. The zero-order chi connectivity index (χ0) is 16.1. The van der Waals surface area contributed by atoms with Crippen molar-refractivity contribution in [3.05, 3.63) is 35.9 Å². The fourth-order valence-corrected chi connectivity index (χ4v) is 3.61. The number of carbonyl (C=O) groups excluding carboxylic acids is 2. The zero-order valence-corrected chi connectivity index (χ0v) is 13.9. The summed E-state index contributed by atoms with van der Waals surface area (Å²) in [7, 11) is 0. The lowest BCUT2D eigenvalue weighted by atomic mass is 10.1. The van der Waals surface area contributed by atoms with Crippen molar-refractivity contribution in [2.24, 2.45) is 0 Å². The molecule has 2 fully saturated rings. The molecule has 0 aromatic heterocycles. The number of amides is 1. The number of thioether (sulfide) groups is 1. The second kappa shape index (κ2) is 7.84. The lowest BCUT2D eigenvalue weighted by Gasteiger charge is -2.33. The van der Waals surface area contributed by atoms with Crippen LogP contribution in [-0.2, 0) is 14.3 Å². The highest BCUT2D eigenvalue weighted by Gasteiger charge is 2.31. The smallest absolute Gasteiger partial charge is 0.328 e. The highest BCUT2D eigenvalue weighted by Crippen LogP contribution is 2.25. The van der Waals surface area contributed by atoms with Crippen LogP contribution in [0.1, 0.15) is 24.4 Å². The zero-order valence-electron chi connectivity index (χ0n) is 13.1. The molecule has 1 heterocycles. The first-order chi connectivity index (χ1) is 11.2. The number of hydrogen-bond acceptors (Lipinski definition) is 5. The van der Waals surface area contributed by atoms with E-state index in [1.54, 1.807) is 0 Å². The molecule has 124 valence electrons. The molecule has 1 N–H and O–H groups in total. The van der Waals surface area contributed by atoms with Gasteiger partial charge >= 0.3 is 5.97 Å². The molecule has 23 heavy (non-hydrogen) atoms. The van der Waals surface area contributed by atoms with Gasteiger partial charge in [-0.25, -0.2) is 4.79 Å².